The van der Waals surface area contributed by atoms with E-state index in [0.717, 1.165) is 83.5 Å². The Kier molecular flexibility index (Phi) is 35.6. The molecule has 316 valence electrons. The summed E-state index contributed by atoms with van der Waals surface area (Å²) in [4.78, 5) is 35.3. The topological polar surface area (TPSA) is 108 Å². The highest BCUT2D eigenvalue weighted by Crippen LogP contribution is 2.43. The largest absolute Gasteiger partial charge is 0.472 e. The van der Waals surface area contributed by atoms with Gasteiger partial charge in [0.15, 0.2) is 6.10 Å². The van der Waals surface area contributed by atoms with Gasteiger partial charge >= 0.3 is 19.8 Å². The van der Waals surface area contributed by atoms with Crippen LogP contribution >= 0.6 is 7.82 Å². The lowest BCUT2D eigenvalue weighted by atomic mass is 10.1. The predicted molar refractivity (Wildman–Crippen MR) is 224 cm³/mol. The van der Waals surface area contributed by atoms with Crippen LogP contribution in [0.1, 0.15) is 181 Å². The number of quaternary nitrogens is 1. The number of carbonyl (C=O) groups excluding carboxylic acids is 2. The van der Waals surface area contributed by atoms with Crippen LogP contribution in [-0.4, -0.2) is 74.9 Å². The highest BCUT2D eigenvalue weighted by molar-refractivity contribution is 7.47. The van der Waals surface area contributed by atoms with Gasteiger partial charge in [-0.05, 0) is 64.2 Å². The molecule has 0 aliphatic rings. The van der Waals surface area contributed by atoms with Crippen molar-refractivity contribution >= 4 is 19.8 Å². The van der Waals surface area contributed by atoms with Crippen LogP contribution in [0.15, 0.2) is 36.5 Å². The van der Waals surface area contributed by atoms with Gasteiger partial charge in [-0.15, -0.1) is 0 Å². The van der Waals surface area contributed by atoms with Gasteiger partial charge in [-0.2, -0.15) is 0 Å². The third kappa shape index (κ3) is 39.9. The van der Waals surface area contributed by atoms with Gasteiger partial charge in [0.1, 0.15) is 19.8 Å². The van der Waals surface area contributed by atoms with Crippen molar-refractivity contribution in [3.8, 4) is 0 Å². The normalized spacial score (nSPS) is 14.0. The second-order valence-electron chi connectivity index (χ2n) is 15.7. The van der Waals surface area contributed by atoms with E-state index in [1.807, 2.05) is 21.1 Å². The standard InChI is InChI=1S/C44H82NO8P/c1-6-8-10-12-14-16-18-20-22-23-25-26-28-30-32-34-36-43(46)50-40-42(41-52-54(48,49)51-39-38-45(3,4)5)53-44(47)37-35-33-31-29-27-24-21-19-17-15-13-11-9-7-2/h13,15,19,21-23,42H,6-12,14,16-18,20,24-41H2,1-5H3/p+1/b15-13-,21-19-,23-22-/t42-/m1/s1. The first-order chi connectivity index (χ1) is 26.0. The van der Waals surface area contributed by atoms with Crippen molar-refractivity contribution in [1.82, 2.24) is 0 Å². The number of carbonyl (C=O) groups is 2. The van der Waals surface area contributed by atoms with Crippen LogP contribution in [0.3, 0.4) is 0 Å². The van der Waals surface area contributed by atoms with E-state index < -0.39 is 26.5 Å². The summed E-state index contributed by atoms with van der Waals surface area (Å²) in [6.45, 7) is 4.35. The fraction of sp³-hybridized carbons (Fsp3) is 0.818. The van der Waals surface area contributed by atoms with Crippen LogP contribution in [0, 0.1) is 0 Å². The summed E-state index contributed by atoms with van der Waals surface area (Å²) in [5.74, 6) is -0.824. The average molecular weight is 785 g/mol. The number of nitrogens with zero attached hydrogens (tertiary/aromatic N) is 1. The van der Waals surface area contributed by atoms with E-state index >= 15 is 0 Å². The first-order valence-electron chi connectivity index (χ1n) is 21.7. The van der Waals surface area contributed by atoms with Crippen LogP contribution in [-0.2, 0) is 32.7 Å². The lowest BCUT2D eigenvalue weighted by molar-refractivity contribution is -0.870. The molecule has 0 aliphatic heterocycles. The number of hydrogen-bond donors (Lipinski definition) is 1. The first kappa shape index (κ1) is 52.2. The third-order valence-electron chi connectivity index (χ3n) is 9.14. The fourth-order valence-corrected chi connectivity index (χ4v) is 6.41. The Morgan fingerprint density at radius 1 is 0.574 bits per heavy atom. The van der Waals surface area contributed by atoms with Crippen LogP contribution in [0.4, 0.5) is 0 Å². The molecule has 0 rings (SSSR count). The number of allylic oxidation sites excluding steroid dienone is 6. The first-order valence-corrected chi connectivity index (χ1v) is 23.2. The maximum atomic E-state index is 12.7. The summed E-state index contributed by atoms with van der Waals surface area (Å²) in [6.07, 6.45) is 40.4. The van der Waals surface area contributed by atoms with Gasteiger partial charge in [-0.1, -0.05) is 140 Å². The molecule has 54 heavy (non-hydrogen) atoms. The molecule has 1 unspecified atom stereocenters. The van der Waals surface area contributed by atoms with E-state index in [-0.39, 0.29) is 32.0 Å². The zero-order valence-corrected chi connectivity index (χ0v) is 36.3. The van der Waals surface area contributed by atoms with Crippen molar-refractivity contribution in [3.63, 3.8) is 0 Å². The van der Waals surface area contributed by atoms with Crippen molar-refractivity contribution in [2.45, 2.75) is 187 Å². The molecule has 0 aromatic carbocycles. The van der Waals surface area contributed by atoms with Gasteiger partial charge in [-0.25, -0.2) is 4.57 Å². The Morgan fingerprint density at radius 2 is 1.02 bits per heavy atom. The zero-order chi connectivity index (χ0) is 40.0. The molecule has 0 amide bonds. The quantitative estimate of drug-likeness (QED) is 0.0216. The van der Waals surface area contributed by atoms with Crippen LogP contribution in [0.2, 0.25) is 0 Å². The Labute approximate surface area is 331 Å². The molecule has 0 aliphatic carbocycles. The Morgan fingerprint density at radius 3 is 1.54 bits per heavy atom. The number of ether oxygens (including phenoxy) is 2. The Hall–Kier alpha value is -1.77. The fourth-order valence-electron chi connectivity index (χ4n) is 5.67. The molecule has 0 bridgehead atoms. The number of esters is 2. The molecule has 0 heterocycles. The maximum Gasteiger partial charge on any atom is 0.472 e. The van der Waals surface area contributed by atoms with Gasteiger partial charge < -0.3 is 18.9 Å². The third-order valence-corrected chi connectivity index (χ3v) is 10.1. The molecule has 0 radical (unpaired) electrons. The molecule has 1 N–H and O–H groups in total. The lowest BCUT2D eigenvalue weighted by Gasteiger charge is -2.24. The highest BCUT2D eigenvalue weighted by Gasteiger charge is 2.27. The van der Waals surface area contributed by atoms with E-state index in [2.05, 4.69) is 50.3 Å². The molecular weight excluding hydrogens is 701 g/mol. The number of likely N-dealkylation sites (N-methyl/N-ethyl adjacent to an activating group) is 1. The smallest absolute Gasteiger partial charge is 0.462 e. The Balaban J connectivity index is 4.40. The highest BCUT2D eigenvalue weighted by atomic mass is 31.2. The number of phosphoric ester groups is 1. The Bertz CT molecular complexity index is 1020. The summed E-state index contributed by atoms with van der Waals surface area (Å²) >= 11 is 0. The van der Waals surface area contributed by atoms with E-state index in [4.69, 9.17) is 18.5 Å². The number of rotatable bonds is 39. The van der Waals surface area contributed by atoms with E-state index in [9.17, 15) is 19.0 Å². The molecule has 0 fully saturated rings. The SMILES string of the molecule is CCCC/C=C\C/C=C\CCCCCCCC(=O)O[C@H](COC(=O)CCCCCCC/C=C\CCCCCCCCC)COP(=O)(O)OCC[N+](C)(C)C. The van der Waals surface area contributed by atoms with Crippen molar-refractivity contribution in [3.05, 3.63) is 36.5 Å². The van der Waals surface area contributed by atoms with Crippen LogP contribution in [0.5, 0.6) is 0 Å². The summed E-state index contributed by atoms with van der Waals surface area (Å²) < 4.78 is 34.3. The van der Waals surface area contributed by atoms with Crippen LogP contribution < -0.4 is 0 Å². The maximum absolute atomic E-state index is 12.7. The van der Waals surface area contributed by atoms with Gasteiger partial charge in [0.2, 0.25) is 0 Å². The molecular formula is C44H83NO8P+. The van der Waals surface area contributed by atoms with Gasteiger partial charge in [-0.3, -0.25) is 18.6 Å². The van der Waals surface area contributed by atoms with E-state index in [0.29, 0.717) is 17.4 Å². The molecule has 0 saturated carbocycles. The second-order valence-corrected chi connectivity index (χ2v) is 17.2. The molecule has 0 aromatic rings. The summed E-state index contributed by atoms with van der Waals surface area (Å²) in [5.41, 5.74) is 0. The summed E-state index contributed by atoms with van der Waals surface area (Å²) in [5, 5.41) is 0. The van der Waals surface area contributed by atoms with Crippen molar-refractivity contribution in [2.24, 2.45) is 0 Å². The monoisotopic (exact) mass is 785 g/mol. The summed E-state index contributed by atoms with van der Waals surface area (Å²) in [6, 6.07) is 0. The van der Waals surface area contributed by atoms with E-state index in [1.165, 1.54) is 64.2 Å². The number of hydrogen-bond acceptors (Lipinski definition) is 7. The number of phosphoric acid groups is 1. The molecule has 0 spiro atoms. The predicted octanol–water partition coefficient (Wildman–Crippen LogP) is 12.1. The average Bonchev–Trinajstić information content (AvgIpc) is 3.12. The van der Waals surface area contributed by atoms with E-state index in [1.54, 1.807) is 0 Å². The van der Waals surface area contributed by atoms with Crippen LogP contribution in [0.25, 0.3) is 0 Å². The van der Waals surface area contributed by atoms with Gasteiger partial charge in [0.05, 0.1) is 27.7 Å². The summed E-state index contributed by atoms with van der Waals surface area (Å²) in [7, 11) is 1.46. The second kappa shape index (κ2) is 36.8. The van der Waals surface area contributed by atoms with Gasteiger partial charge in [0.25, 0.3) is 0 Å². The molecule has 2 atom stereocenters. The van der Waals surface area contributed by atoms with Gasteiger partial charge in [0, 0.05) is 12.8 Å². The van der Waals surface area contributed by atoms with Crippen molar-refractivity contribution in [2.75, 3.05) is 47.5 Å². The minimum Gasteiger partial charge on any atom is -0.462 e. The lowest BCUT2D eigenvalue weighted by Crippen LogP contribution is -2.37. The number of unbranched alkanes of at least 4 members (excludes halogenated alkanes) is 19. The zero-order valence-electron chi connectivity index (χ0n) is 35.5. The minimum absolute atomic E-state index is 0.0273. The van der Waals surface area contributed by atoms with Crippen molar-refractivity contribution < 1.29 is 42.1 Å². The molecule has 0 saturated heterocycles. The molecule has 10 heteroatoms. The molecule has 9 nitrogen and oxygen atoms in total. The van der Waals surface area contributed by atoms with Crippen molar-refractivity contribution in [1.29, 1.82) is 0 Å². The molecule has 0 aromatic heterocycles. The minimum atomic E-state index is -4.38.